The first-order valence-corrected chi connectivity index (χ1v) is 4.66. The van der Waals surface area contributed by atoms with Gasteiger partial charge in [-0.05, 0) is 18.1 Å². The lowest BCUT2D eigenvalue weighted by Crippen LogP contribution is -2.45. The molecule has 0 bridgehead atoms. The van der Waals surface area contributed by atoms with Crippen molar-refractivity contribution in [1.29, 1.82) is 0 Å². The molecule has 0 aliphatic carbocycles. The number of aryl methyl sites for hydroxylation is 1. The maximum Gasteiger partial charge on any atom is 0.431 e. The van der Waals surface area contributed by atoms with E-state index >= 15 is 0 Å². The van der Waals surface area contributed by atoms with Crippen LogP contribution < -0.4 is 10.4 Å². The molecule has 0 aliphatic rings. The van der Waals surface area contributed by atoms with Gasteiger partial charge in [-0.25, -0.2) is 15.0 Å². The highest BCUT2D eigenvalue weighted by molar-refractivity contribution is 5.89. The minimum Gasteiger partial charge on any atom is -0.464 e. The van der Waals surface area contributed by atoms with E-state index in [1.54, 1.807) is 24.3 Å². The van der Waals surface area contributed by atoms with Gasteiger partial charge in [0.2, 0.25) is 0 Å². The van der Waals surface area contributed by atoms with Gasteiger partial charge in [0.25, 0.3) is 0 Å². The standard InChI is InChI=1S/C10H12N2O4/c1-2-7-5-3-4-6-8(7)12(10(15)16)11-9(13)14/h3-6,11H,2H2,1H3,(H,13,14)(H,15,16). The van der Waals surface area contributed by atoms with Crippen LogP contribution >= 0.6 is 0 Å². The summed E-state index contributed by atoms with van der Waals surface area (Å²) in [5.41, 5.74) is 2.89. The van der Waals surface area contributed by atoms with Crippen LogP contribution in [0, 0.1) is 0 Å². The third-order valence-corrected chi connectivity index (χ3v) is 2.01. The van der Waals surface area contributed by atoms with Crippen molar-refractivity contribution in [3.8, 4) is 0 Å². The fraction of sp³-hybridized carbons (Fsp3) is 0.200. The smallest absolute Gasteiger partial charge is 0.431 e. The zero-order valence-electron chi connectivity index (χ0n) is 8.67. The number of carboxylic acid groups (broad SMARTS) is 2. The molecule has 0 aromatic heterocycles. The number of hydrogen-bond acceptors (Lipinski definition) is 2. The molecule has 0 spiro atoms. The molecule has 0 unspecified atom stereocenters. The van der Waals surface area contributed by atoms with Gasteiger partial charge in [0.05, 0.1) is 5.69 Å². The Labute approximate surface area is 92.1 Å². The van der Waals surface area contributed by atoms with E-state index in [1.807, 2.05) is 12.3 Å². The molecule has 16 heavy (non-hydrogen) atoms. The Morgan fingerprint density at radius 2 is 1.94 bits per heavy atom. The number of nitrogens with one attached hydrogen (secondary N) is 1. The summed E-state index contributed by atoms with van der Waals surface area (Å²) < 4.78 is 0. The number of nitrogens with zero attached hydrogens (tertiary/aromatic N) is 1. The van der Waals surface area contributed by atoms with Crippen molar-refractivity contribution < 1.29 is 19.8 Å². The fourth-order valence-corrected chi connectivity index (χ4v) is 1.33. The lowest BCUT2D eigenvalue weighted by Gasteiger charge is -2.20. The van der Waals surface area contributed by atoms with Gasteiger partial charge in [-0.15, -0.1) is 0 Å². The van der Waals surface area contributed by atoms with E-state index in [-0.39, 0.29) is 0 Å². The van der Waals surface area contributed by atoms with Gasteiger partial charge in [-0.2, -0.15) is 5.01 Å². The minimum atomic E-state index is -1.42. The molecule has 6 heteroatoms. The number of benzene rings is 1. The first-order chi connectivity index (χ1) is 7.56. The SMILES string of the molecule is CCc1ccccc1N(NC(=O)O)C(=O)O. The lowest BCUT2D eigenvalue weighted by molar-refractivity contribution is 0.181. The summed E-state index contributed by atoms with van der Waals surface area (Å²) in [7, 11) is 0. The Hall–Kier alpha value is -2.24. The molecular weight excluding hydrogens is 212 g/mol. The van der Waals surface area contributed by atoms with Crippen LogP contribution in [0.25, 0.3) is 0 Å². The summed E-state index contributed by atoms with van der Waals surface area (Å²) in [4.78, 5) is 21.4. The van der Waals surface area contributed by atoms with Crippen molar-refractivity contribution in [1.82, 2.24) is 5.43 Å². The fourth-order valence-electron chi connectivity index (χ4n) is 1.33. The summed E-state index contributed by atoms with van der Waals surface area (Å²) in [5, 5.41) is 18.0. The van der Waals surface area contributed by atoms with Gasteiger partial charge in [0, 0.05) is 0 Å². The van der Waals surface area contributed by atoms with Crippen LogP contribution in [0.1, 0.15) is 12.5 Å². The van der Waals surface area contributed by atoms with Crippen molar-refractivity contribution >= 4 is 17.9 Å². The van der Waals surface area contributed by atoms with E-state index in [1.165, 1.54) is 0 Å². The average Bonchev–Trinajstić information content (AvgIpc) is 2.25. The molecular formula is C10H12N2O4. The summed E-state index contributed by atoms with van der Waals surface area (Å²) in [6.07, 6.45) is -2.18. The number of carbonyl (C=O) groups is 2. The first-order valence-electron chi connectivity index (χ1n) is 4.66. The van der Waals surface area contributed by atoms with E-state index in [9.17, 15) is 9.59 Å². The van der Waals surface area contributed by atoms with Crippen LogP contribution in [-0.4, -0.2) is 22.4 Å². The molecule has 0 radical (unpaired) electrons. The van der Waals surface area contributed by atoms with Crippen LogP contribution in [0.5, 0.6) is 0 Å². The van der Waals surface area contributed by atoms with Crippen molar-refractivity contribution in [3.63, 3.8) is 0 Å². The van der Waals surface area contributed by atoms with Crippen LogP contribution in [0.4, 0.5) is 15.3 Å². The largest absolute Gasteiger partial charge is 0.464 e. The van der Waals surface area contributed by atoms with Gasteiger partial charge >= 0.3 is 12.2 Å². The number of hydrazine groups is 1. The molecule has 0 saturated carbocycles. The molecule has 6 nitrogen and oxygen atoms in total. The molecule has 0 saturated heterocycles. The second-order valence-electron chi connectivity index (χ2n) is 3.02. The predicted molar refractivity (Wildman–Crippen MR) is 57.5 cm³/mol. The molecule has 1 aromatic rings. The van der Waals surface area contributed by atoms with Crippen molar-refractivity contribution in [2.24, 2.45) is 0 Å². The first kappa shape index (κ1) is 11.8. The van der Waals surface area contributed by atoms with Crippen LogP contribution in [-0.2, 0) is 6.42 Å². The Kier molecular flexibility index (Phi) is 3.71. The number of anilines is 1. The van der Waals surface area contributed by atoms with E-state index in [0.717, 1.165) is 5.56 Å². The number of amides is 2. The molecule has 0 aliphatic heterocycles. The third kappa shape index (κ3) is 2.63. The highest BCUT2D eigenvalue weighted by atomic mass is 16.4. The van der Waals surface area contributed by atoms with E-state index in [2.05, 4.69) is 0 Å². The Balaban J connectivity index is 3.10. The van der Waals surface area contributed by atoms with Gasteiger partial charge < -0.3 is 10.2 Å². The normalized spacial score (nSPS) is 9.56. The number of para-hydroxylation sites is 1. The van der Waals surface area contributed by atoms with Crippen molar-refractivity contribution in [2.45, 2.75) is 13.3 Å². The molecule has 0 atom stereocenters. The van der Waals surface area contributed by atoms with E-state index < -0.39 is 12.2 Å². The second kappa shape index (κ2) is 5.01. The Morgan fingerprint density at radius 3 is 2.44 bits per heavy atom. The van der Waals surface area contributed by atoms with Gasteiger partial charge in [0.15, 0.2) is 0 Å². The Morgan fingerprint density at radius 1 is 1.31 bits per heavy atom. The molecule has 1 aromatic carbocycles. The summed E-state index contributed by atoms with van der Waals surface area (Å²) in [5.74, 6) is 0. The number of hydrogen-bond donors (Lipinski definition) is 3. The van der Waals surface area contributed by atoms with E-state index in [4.69, 9.17) is 10.2 Å². The van der Waals surface area contributed by atoms with Gasteiger partial charge in [-0.1, -0.05) is 25.1 Å². The monoisotopic (exact) mass is 224 g/mol. The van der Waals surface area contributed by atoms with E-state index in [0.29, 0.717) is 17.1 Å². The molecule has 0 heterocycles. The van der Waals surface area contributed by atoms with Crippen molar-refractivity contribution in [2.75, 3.05) is 5.01 Å². The third-order valence-electron chi connectivity index (χ3n) is 2.01. The van der Waals surface area contributed by atoms with Crippen molar-refractivity contribution in [3.05, 3.63) is 29.8 Å². The van der Waals surface area contributed by atoms with Gasteiger partial charge in [-0.3, -0.25) is 0 Å². The summed E-state index contributed by atoms with van der Waals surface area (Å²) in [6, 6.07) is 6.70. The molecule has 86 valence electrons. The molecule has 0 fully saturated rings. The summed E-state index contributed by atoms with van der Waals surface area (Å²) in [6.45, 7) is 1.86. The highest BCUT2D eigenvalue weighted by Crippen LogP contribution is 2.19. The average molecular weight is 224 g/mol. The lowest BCUT2D eigenvalue weighted by atomic mass is 10.1. The highest BCUT2D eigenvalue weighted by Gasteiger charge is 2.18. The predicted octanol–water partition coefficient (Wildman–Crippen LogP) is 1.92. The van der Waals surface area contributed by atoms with Gasteiger partial charge in [0.1, 0.15) is 0 Å². The zero-order valence-corrected chi connectivity index (χ0v) is 8.67. The minimum absolute atomic E-state index is 0.319. The Bertz CT molecular complexity index is 406. The summed E-state index contributed by atoms with van der Waals surface area (Å²) >= 11 is 0. The molecule has 3 N–H and O–H groups in total. The zero-order chi connectivity index (χ0) is 12.1. The maximum absolute atomic E-state index is 10.9. The molecule has 1 rings (SSSR count). The quantitative estimate of drug-likeness (QED) is 0.669. The van der Waals surface area contributed by atoms with Crippen LogP contribution in [0.3, 0.4) is 0 Å². The second-order valence-corrected chi connectivity index (χ2v) is 3.02. The van der Waals surface area contributed by atoms with Crippen LogP contribution in [0.2, 0.25) is 0 Å². The van der Waals surface area contributed by atoms with Crippen LogP contribution in [0.15, 0.2) is 24.3 Å². The molecule has 2 amide bonds. The maximum atomic E-state index is 10.9. The topological polar surface area (TPSA) is 89.9 Å². The number of rotatable bonds is 2.